The summed E-state index contributed by atoms with van der Waals surface area (Å²) in [5.74, 6) is 0.781. The summed E-state index contributed by atoms with van der Waals surface area (Å²) in [6, 6.07) is 11.8. The predicted molar refractivity (Wildman–Crippen MR) is 114 cm³/mol. The van der Waals surface area contributed by atoms with Crippen LogP contribution in [0.25, 0.3) is 0 Å². The zero-order chi connectivity index (χ0) is 21.6. The fourth-order valence-corrected chi connectivity index (χ4v) is 5.20. The van der Waals surface area contributed by atoms with Crippen molar-refractivity contribution in [2.75, 3.05) is 26.8 Å². The summed E-state index contributed by atoms with van der Waals surface area (Å²) < 4.78 is 38.5. The van der Waals surface area contributed by atoms with Gasteiger partial charge in [0.2, 0.25) is 10.0 Å². The molecule has 0 radical (unpaired) electrons. The van der Waals surface area contributed by atoms with Crippen molar-refractivity contribution in [1.82, 2.24) is 9.62 Å². The van der Waals surface area contributed by atoms with Crippen molar-refractivity contribution in [3.05, 3.63) is 53.6 Å². The third-order valence-electron chi connectivity index (χ3n) is 5.05. The van der Waals surface area contributed by atoms with Crippen LogP contribution < -0.4 is 14.8 Å². The third kappa shape index (κ3) is 4.94. The average Bonchev–Trinajstić information content (AvgIpc) is 2.79. The van der Waals surface area contributed by atoms with Gasteiger partial charge in [0.25, 0.3) is 5.91 Å². The maximum absolute atomic E-state index is 13.1. The van der Waals surface area contributed by atoms with E-state index in [2.05, 4.69) is 5.32 Å². The van der Waals surface area contributed by atoms with Gasteiger partial charge in [0, 0.05) is 19.6 Å². The van der Waals surface area contributed by atoms with Crippen LogP contribution in [0.5, 0.6) is 11.5 Å². The number of piperidine rings is 1. The van der Waals surface area contributed by atoms with E-state index in [0.717, 1.165) is 24.8 Å². The van der Waals surface area contributed by atoms with Gasteiger partial charge in [-0.25, -0.2) is 8.42 Å². The van der Waals surface area contributed by atoms with Gasteiger partial charge in [-0.2, -0.15) is 4.31 Å². The van der Waals surface area contributed by atoms with Crippen LogP contribution in [0.2, 0.25) is 0 Å². The Hall–Kier alpha value is -2.58. The number of carbonyl (C=O) groups is 1. The standard InChI is InChI=1S/C22H28N2O5S/c1-3-29-19-12-11-17(15-20(19)28-2)16-23-22(25)18-9-5-6-10-21(18)30(26,27)24-13-7-4-8-14-24/h5-6,9-12,15H,3-4,7-8,13-14,16H2,1-2H3,(H,23,25). The van der Waals surface area contributed by atoms with Crippen LogP contribution in [-0.4, -0.2) is 45.4 Å². The van der Waals surface area contributed by atoms with E-state index < -0.39 is 15.9 Å². The Morgan fingerprint density at radius 1 is 1.07 bits per heavy atom. The molecular formula is C22H28N2O5S. The Balaban J connectivity index is 1.77. The zero-order valence-electron chi connectivity index (χ0n) is 17.4. The van der Waals surface area contributed by atoms with E-state index in [0.29, 0.717) is 31.2 Å². The first-order valence-electron chi connectivity index (χ1n) is 10.1. The largest absolute Gasteiger partial charge is 0.493 e. The van der Waals surface area contributed by atoms with Crippen molar-refractivity contribution in [2.24, 2.45) is 0 Å². The van der Waals surface area contributed by atoms with Crippen LogP contribution in [0.1, 0.15) is 42.1 Å². The van der Waals surface area contributed by atoms with E-state index in [4.69, 9.17) is 9.47 Å². The van der Waals surface area contributed by atoms with Gasteiger partial charge < -0.3 is 14.8 Å². The van der Waals surface area contributed by atoms with E-state index >= 15 is 0 Å². The highest BCUT2D eigenvalue weighted by atomic mass is 32.2. The molecule has 1 amide bonds. The van der Waals surface area contributed by atoms with Crippen molar-refractivity contribution in [3.63, 3.8) is 0 Å². The summed E-state index contributed by atoms with van der Waals surface area (Å²) in [4.78, 5) is 12.9. The van der Waals surface area contributed by atoms with Crippen molar-refractivity contribution in [1.29, 1.82) is 0 Å². The Labute approximate surface area is 178 Å². The minimum Gasteiger partial charge on any atom is -0.493 e. The first kappa shape index (κ1) is 22.1. The minimum absolute atomic E-state index is 0.0497. The highest BCUT2D eigenvalue weighted by molar-refractivity contribution is 7.89. The zero-order valence-corrected chi connectivity index (χ0v) is 18.2. The van der Waals surface area contributed by atoms with E-state index in [1.807, 2.05) is 13.0 Å². The number of nitrogens with one attached hydrogen (secondary N) is 1. The smallest absolute Gasteiger partial charge is 0.252 e. The molecule has 1 fully saturated rings. The number of amides is 1. The van der Waals surface area contributed by atoms with Gasteiger partial charge in [0.15, 0.2) is 11.5 Å². The topological polar surface area (TPSA) is 84.9 Å². The molecule has 8 heteroatoms. The van der Waals surface area contributed by atoms with Crippen LogP contribution in [0.15, 0.2) is 47.4 Å². The lowest BCUT2D eigenvalue weighted by atomic mass is 10.1. The number of sulfonamides is 1. The Morgan fingerprint density at radius 2 is 1.80 bits per heavy atom. The SMILES string of the molecule is CCOc1ccc(CNC(=O)c2ccccc2S(=O)(=O)N2CCCCC2)cc1OC. The van der Waals surface area contributed by atoms with Crippen molar-refractivity contribution in [2.45, 2.75) is 37.6 Å². The minimum atomic E-state index is -3.71. The lowest BCUT2D eigenvalue weighted by Crippen LogP contribution is -2.37. The highest BCUT2D eigenvalue weighted by Crippen LogP contribution is 2.28. The Morgan fingerprint density at radius 3 is 2.50 bits per heavy atom. The molecule has 2 aromatic carbocycles. The molecule has 30 heavy (non-hydrogen) atoms. The van der Waals surface area contributed by atoms with Crippen LogP contribution in [0.3, 0.4) is 0 Å². The van der Waals surface area contributed by atoms with Crippen LogP contribution in [0, 0.1) is 0 Å². The molecule has 0 aliphatic carbocycles. The number of hydrogen-bond acceptors (Lipinski definition) is 5. The second-order valence-corrected chi connectivity index (χ2v) is 8.97. The number of nitrogens with zero attached hydrogens (tertiary/aromatic N) is 1. The second-order valence-electron chi connectivity index (χ2n) is 7.06. The van der Waals surface area contributed by atoms with Gasteiger partial charge >= 0.3 is 0 Å². The van der Waals surface area contributed by atoms with Gasteiger partial charge in [-0.3, -0.25) is 4.79 Å². The molecule has 7 nitrogen and oxygen atoms in total. The molecule has 0 unspecified atom stereocenters. The maximum Gasteiger partial charge on any atom is 0.252 e. The molecule has 1 N–H and O–H groups in total. The molecule has 162 valence electrons. The fourth-order valence-electron chi connectivity index (χ4n) is 3.50. The number of hydrogen-bond donors (Lipinski definition) is 1. The number of rotatable bonds is 8. The van der Waals surface area contributed by atoms with Gasteiger partial charge in [-0.1, -0.05) is 24.6 Å². The fraction of sp³-hybridized carbons (Fsp3) is 0.409. The summed E-state index contributed by atoms with van der Waals surface area (Å²) in [5, 5.41) is 2.82. The van der Waals surface area contributed by atoms with Crippen LogP contribution in [-0.2, 0) is 16.6 Å². The molecule has 0 bridgehead atoms. The summed E-state index contributed by atoms with van der Waals surface area (Å²) in [5.41, 5.74) is 0.973. The van der Waals surface area contributed by atoms with E-state index in [-0.39, 0.29) is 17.0 Å². The normalized spacial score (nSPS) is 14.9. The average molecular weight is 433 g/mol. The summed E-state index contributed by atoms with van der Waals surface area (Å²) in [6.07, 6.45) is 2.71. The predicted octanol–water partition coefficient (Wildman–Crippen LogP) is 3.20. The molecule has 2 aromatic rings. The number of ether oxygens (including phenoxy) is 2. The molecule has 1 aliphatic heterocycles. The molecule has 1 aliphatic rings. The van der Waals surface area contributed by atoms with Gasteiger partial charge in [0.1, 0.15) is 0 Å². The van der Waals surface area contributed by atoms with Crippen molar-refractivity contribution < 1.29 is 22.7 Å². The molecule has 0 spiro atoms. The lowest BCUT2D eigenvalue weighted by Gasteiger charge is -2.26. The lowest BCUT2D eigenvalue weighted by molar-refractivity contribution is 0.0947. The van der Waals surface area contributed by atoms with E-state index in [9.17, 15) is 13.2 Å². The van der Waals surface area contributed by atoms with Crippen LogP contribution >= 0.6 is 0 Å². The molecule has 3 rings (SSSR count). The van der Waals surface area contributed by atoms with Crippen molar-refractivity contribution in [3.8, 4) is 11.5 Å². The molecule has 1 saturated heterocycles. The maximum atomic E-state index is 13.1. The van der Waals surface area contributed by atoms with Crippen molar-refractivity contribution >= 4 is 15.9 Å². The van der Waals surface area contributed by atoms with Gasteiger partial charge in [-0.05, 0) is 49.6 Å². The monoisotopic (exact) mass is 432 g/mol. The quantitative estimate of drug-likeness (QED) is 0.692. The molecule has 0 atom stereocenters. The molecule has 1 heterocycles. The molecule has 0 aromatic heterocycles. The van der Waals surface area contributed by atoms with E-state index in [1.165, 1.54) is 10.4 Å². The van der Waals surface area contributed by atoms with Gasteiger partial charge in [0.05, 0.1) is 24.2 Å². The summed E-state index contributed by atoms with van der Waals surface area (Å²) in [7, 11) is -2.15. The molecular weight excluding hydrogens is 404 g/mol. The number of carbonyl (C=O) groups excluding carboxylic acids is 1. The Bertz CT molecular complexity index is 985. The van der Waals surface area contributed by atoms with Gasteiger partial charge in [-0.15, -0.1) is 0 Å². The number of benzene rings is 2. The first-order valence-corrected chi connectivity index (χ1v) is 11.6. The molecule has 0 saturated carbocycles. The highest BCUT2D eigenvalue weighted by Gasteiger charge is 2.29. The number of methoxy groups -OCH3 is 1. The second kappa shape index (κ2) is 9.95. The van der Waals surface area contributed by atoms with Crippen LogP contribution in [0.4, 0.5) is 0 Å². The first-order chi connectivity index (χ1) is 14.5. The summed E-state index contributed by atoms with van der Waals surface area (Å²) in [6.45, 7) is 3.63. The summed E-state index contributed by atoms with van der Waals surface area (Å²) >= 11 is 0. The Kier molecular flexibility index (Phi) is 7.33. The third-order valence-corrected chi connectivity index (χ3v) is 7.00. The van der Waals surface area contributed by atoms with E-state index in [1.54, 1.807) is 37.4 Å².